The number of nitrogens with zero attached hydrogens (tertiary/aromatic N) is 1. The number of carbonyl (C=O) groups excluding carboxylic acids is 2. The van der Waals surface area contributed by atoms with Gasteiger partial charge in [-0.1, -0.05) is 53.5 Å². The second kappa shape index (κ2) is 6.67. The first-order valence-corrected chi connectivity index (χ1v) is 7.92. The third-order valence-electron chi connectivity index (χ3n) is 3.74. The molecule has 2 amide bonds. The van der Waals surface area contributed by atoms with Crippen LogP contribution in [0.2, 0.25) is 5.02 Å². The molecular formula is C18H13Cl2NO3. The van der Waals surface area contributed by atoms with Crippen molar-refractivity contribution in [3.05, 3.63) is 69.7 Å². The molecular weight excluding hydrogens is 349 g/mol. The SMILES string of the molecule is COc1ccccc1C1=C(Cl)C(=O)N(Cc2ccc(Cl)cc2)C1=O. The standard InChI is InChI=1S/C18H13Cl2NO3/c1-24-14-5-3-2-4-13(14)15-16(20)18(23)21(17(15)22)10-11-6-8-12(19)9-7-11/h2-9H,10H2,1H3. The minimum atomic E-state index is -0.516. The molecule has 1 heterocycles. The quantitative estimate of drug-likeness (QED) is 0.776. The summed E-state index contributed by atoms with van der Waals surface area (Å²) in [6, 6.07) is 13.9. The number of imide groups is 1. The minimum Gasteiger partial charge on any atom is -0.496 e. The number of hydrogen-bond donors (Lipinski definition) is 0. The summed E-state index contributed by atoms with van der Waals surface area (Å²) in [6.07, 6.45) is 0. The van der Waals surface area contributed by atoms with E-state index in [0.29, 0.717) is 16.3 Å². The van der Waals surface area contributed by atoms with E-state index in [4.69, 9.17) is 27.9 Å². The van der Waals surface area contributed by atoms with Crippen LogP contribution in [0.5, 0.6) is 5.75 Å². The van der Waals surface area contributed by atoms with Crippen molar-refractivity contribution in [2.75, 3.05) is 7.11 Å². The Labute approximate surface area is 149 Å². The lowest BCUT2D eigenvalue weighted by molar-refractivity contribution is -0.137. The lowest BCUT2D eigenvalue weighted by Gasteiger charge is -2.15. The summed E-state index contributed by atoms with van der Waals surface area (Å²) in [6.45, 7) is 0.129. The van der Waals surface area contributed by atoms with Crippen LogP contribution in [0.25, 0.3) is 5.57 Å². The highest BCUT2D eigenvalue weighted by atomic mass is 35.5. The number of halogens is 2. The van der Waals surface area contributed by atoms with Gasteiger partial charge in [0.05, 0.1) is 19.2 Å². The smallest absolute Gasteiger partial charge is 0.273 e. The number of carbonyl (C=O) groups is 2. The van der Waals surface area contributed by atoms with Gasteiger partial charge in [0.15, 0.2) is 0 Å². The number of methoxy groups -OCH3 is 1. The van der Waals surface area contributed by atoms with Gasteiger partial charge in [-0.25, -0.2) is 0 Å². The molecule has 0 aliphatic carbocycles. The highest BCUT2D eigenvalue weighted by molar-refractivity contribution is 6.55. The highest BCUT2D eigenvalue weighted by Gasteiger charge is 2.39. The first kappa shape index (κ1) is 16.6. The van der Waals surface area contributed by atoms with E-state index in [0.717, 1.165) is 10.5 Å². The van der Waals surface area contributed by atoms with Crippen molar-refractivity contribution in [2.24, 2.45) is 0 Å². The zero-order valence-corrected chi connectivity index (χ0v) is 14.3. The second-order valence-corrected chi connectivity index (χ2v) is 6.03. The van der Waals surface area contributed by atoms with Gasteiger partial charge < -0.3 is 4.74 Å². The lowest BCUT2D eigenvalue weighted by atomic mass is 10.0. The number of ether oxygens (including phenoxy) is 1. The van der Waals surface area contributed by atoms with Crippen LogP contribution in [0.15, 0.2) is 53.6 Å². The Morgan fingerprint density at radius 3 is 2.29 bits per heavy atom. The van der Waals surface area contributed by atoms with Crippen LogP contribution in [-0.2, 0) is 16.1 Å². The summed E-state index contributed by atoms with van der Waals surface area (Å²) in [7, 11) is 1.50. The maximum Gasteiger partial charge on any atom is 0.273 e. The Bertz CT molecular complexity index is 844. The predicted molar refractivity (Wildman–Crippen MR) is 92.8 cm³/mol. The Morgan fingerprint density at radius 2 is 1.62 bits per heavy atom. The maximum atomic E-state index is 12.7. The summed E-state index contributed by atoms with van der Waals surface area (Å²) in [4.78, 5) is 26.3. The minimum absolute atomic E-state index is 0.0986. The topological polar surface area (TPSA) is 46.6 Å². The number of benzene rings is 2. The maximum absolute atomic E-state index is 12.7. The molecule has 0 aromatic heterocycles. The molecule has 1 aliphatic rings. The molecule has 122 valence electrons. The van der Waals surface area contributed by atoms with Crippen LogP contribution in [0, 0.1) is 0 Å². The van der Waals surface area contributed by atoms with E-state index < -0.39 is 11.8 Å². The van der Waals surface area contributed by atoms with Gasteiger partial charge >= 0.3 is 0 Å². The third kappa shape index (κ3) is 2.90. The molecule has 24 heavy (non-hydrogen) atoms. The van der Waals surface area contributed by atoms with Crippen molar-refractivity contribution < 1.29 is 14.3 Å². The van der Waals surface area contributed by atoms with E-state index in [1.54, 1.807) is 48.5 Å². The van der Waals surface area contributed by atoms with Gasteiger partial charge in [0.2, 0.25) is 0 Å². The van der Waals surface area contributed by atoms with Crippen LogP contribution in [0.3, 0.4) is 0 Å². The molecule has 2 aromatic carbocycles. The van der Waals surface area contributed by atoms with Crippen LogP contribution < -0.4 is 4.74 Å². The van der Waals surface area contributed by atoms with Crippen molar-refractivity contribution in [1.29, 1.82) is 0 Å². The Balaban J connectivity index is 1.94. The van der Waals surface area contributed by atoms with Gasteiger partial charge in [-0.15, -0.1) is 0 Å². The fourth-order valence-electron chi connectivity index (χ4n) is 2.55. The Hall–Kier alpha value is -2.30. The summed E-state index contributed by atoms with van der Waals surface area (Å²) in [5.74, 6) is -0.470. The summed E-state index contributed by atoms with van der Waals surface area (Å²) in [5, 5.41) is 0.488. The first-order valence-electron chi connectivity index (χ1n) is 7.16. The average molecular weight is 362 g/mol. The molecule has 2 aromatic rings. The average Bonchev–Trinajstić information content (AvgIpc) is 2.80. The number of hydrogen-bond acceptors (Lipinski definition) is 3. The van der Waals surface area contributed by atoms with Crippen molar-refractivity contribution in [1.82, 2.24) is 4.90 Å². The number of amides is 2. The molecule has 0 spiro atoms. The third-order valence-corrected chi connectivity index (χ3v) is 4.34. The molecule has 0 N–H and O–H groups in total. The van der Waals surface area contributed by atoms with Crippen LogP contribution in [0.1, 0.15) is 11.1 Å². The fraction of sp³-hybridized carbons (Fsp3) is 0.111. The molecule has 1 aliphatic heterocycles. The van der Waals surface area contributed by atoms with E-state index in [2.05, 4.69) is 0 Å². The monoisotopic (exact) mass is 361 g/mol. The first-order chi connectivity index (χ1) is 11.5. The Kier molecular flexibility index (Phi) is 4.60. The zero-order valence-electron chi connectivity index (χ0n) is 12.8. The van der Waals surface area contributed by atoms with Gasteiger partial charge in [0.25, 0.3) is 11.8 Å². The molecule has 6 heteroatoms. The fourth-order valence-corrected chi connectivity index (χ4v) is 2.96. The van der Waals surface area contributed by atoms with Crippen molar-refractivity contribution in [3.63, 3.8) is 0 Å². The predicted octanol–water partition coefficient (Wildman–Crippen LogP) is 3.87. The van der Waals surface area contributed by atoms with E-state index in [1.165, 1.54) is 7.11 Å². The molecule has 0 bridgehead atoms. The lowest BCUT2D eigenvalue weighted by Crippen LogP contribution is -2.30. The Morgan fingerprint density at radius 1 is 0.958 bits per heavy atom. The van der Waals surface area contributed by atoms with Crippen molar-refractivity contribution >= 4 is 40.6 Å². The van der Waals surface area contributed by atoms with Gasteiger partial charge in [-0.05, 0) is 23.8 Å². The molecule has 0 radical (unpaired) electrons. The van der Waals surface area contributed by atoms with Crippen LogP contribution in [-0.4, -0.2) is 23.8 Å². The summed E-state index contributed by atoms with van der Waals surface area (Å²) >= 11 is 12.0. The molecule has 0 saturated carbocycles. The van der Waals surface area contributed by atoms with E-state index in [1.807, 2.05) is 0 Å². The zero-order chi connectivity index (χ0) is 17.3. The highest BCUT2D eigenvalue weighted by Crippen LogP contribution is 2.36. The van der Waals surface area contributed by atoms with Crippen molar-refractivity contribution in [2.45, 2.75) is 6.54 Å². The van der Waals surface area contributed by atoms with Gasteiger partial charge in [-0.3, -0.25) is 14.5 Å². The molecule has 0 saturated heterocycles. The second-order valence-electron chi connectivity index (χ2n) is 5.21. The van der Waals surface area contributed by atoms with Crippen molar-refractivity contribution in [3.8, 4) is 5.75 Å². The van der Waals surface area contributed by atoms with E-state index in [-0.39, 0.29) is 17.2 Å². The number of rotatable bonds is 4. The molecule has 4 nitrogen and oxygen atoms in total. The summed E-state index contributed by atoms with van der Waals surface area (Å²) < 4.78 is 5.27. The van der Waals surface area contributed by atoms with Gasteiger partial charge in [-0.2, -0.15) is 0 Å². The van der Waals surface area contributed by atoms with Gasteiger partial charge in [0.1, 0.15) is 10.8 Å². The van der Waals surface area contributed by atoms with Crippen LogP contribution >= 0.6 is 23.2 Å². The number of para-hydroxylation sites is 1. The molecule has 0 unspecified atom stereocenters. The normalized spacial score (nSPS) is 14.5. The largest absolute Gasteiger partial charge is 0.496 e. The summed E-state index contributed by atoms with van der Waals surface area (Å²) in [5.41, 5.74) is 1.45. The molecule has 0 fully saturated rings. The molecule has 0 atom stereocenters. The van der Waals surface area contributed by atoms with E-state index >= 15 is 0 Å². The van der Waals surface area contributed by atoms with E-state index in [9.17, 15) is 9.59 Å². The van der Waals surface area contributed by atoms with Gasteiger partial charge in [0, 0.05) is 10.6 Å². The van der Waals surface area contributed by atoms with Crippen LogP contribution in [0.4, 0.5) is 0 Å². The molecule has 3 rings (SSSR count).